The van der Waals surface area contributed by atoms with Crippen molar-refractivity contribution >= 4 is 11.8 Å². The van der Waals surface area contributed by atoms with Crippen LogP contribution < -0.4 is 10.6 Å². The molecule has 0 fully saturated rings. The van der Waals surface area contributed by atoms with Gasteiger partial charge in [-0.3, -0.25) is 9.59 Å². The lowest BCUT2D eigenvalue weighted by Crippen LogP contribution is -2.39. The number of nitrogens with one attached hydrogen (secondary N) is 2. The van der Waals surface area contributed by atoms with Gasteiger partial charge in [-0.2, -0.15) is 0 Å². The van der Waals surface area contributed by atoms with Gasteiger partial charge in [-0.05, 0) is 59.1 Å². The highest BCUT2D eigenvalue weighted by atomic mass is 16.2. The van der Waals surface area contributed by atoms with Gasteiger partial charge in [0, 0.05) is 13.8 Å². The Morgan fingerprint density at radius 3 is 1.34 bits per heavy atom. The normalized spacial score (nSPS) is 18.1. The summed E-state index contributed by atoms with van der Waals surface area (Å²) in [5.41, 5.74) is 7.16. The van der Waals surface area contributed by atoms with Gasteiger partial charge in [-0.1, -0.05) is 72.8 Å². The van der Waals surface area contributed by atoms with Crippen molar-refractivity contribution in [1.82, 2.24) is 10.6 Å². The Balaban J connectivity index is 1.77. The minimum Gasteiger partial charge on any atom is -0.347 e. The molecule has 0 unspecified atom stereocenters. The van der Waals surface area contributed by atoms with Crippen LogP contribution in [-0.2, 0) is 35.3 Å². The van der Waals surface area contributed by atoms with Crippen molar-refractivity contribution < 1.29 is 9.59 Å². The number of aryl methyl sites for hydroxylation is 4. The minimum absolute atomic E-state index is 0.129. The highest BCUT2D eigenvalue weighted by Crippen LogP contribution is 2.30. The molecule has 32 heavy (non-hydrogen) atoms. The average molecular weight is 427 g/mol. The number of rotatable bonds is 2. The van der Waals surface area contributed by atoms with Crippen LogP contribution in [0.25, 0.3) is 0 Å². The van der Waals surface area contributed by atoms with E-state index < -0.39 is 0 Å². The minimum atomic E-state index is -0.359. The monoisotopic (exact) mass is 426 g/mol. The third-order valence-electron chi connectivity index (χ3n) is 6.12. The van der Waals surface area contributed by atoms with Gasteiger partial charge in [0.05, 0.1) is 12.1 Å². The van der Waals surface area contributed by atoms with E-state index in [0.29, 0.717) is 0 Å². The second kappa shape index (κ2) is 9.82. The summed E-state index contributed by atoms with van der Waals surface area (Å²) in [5, 5.41) is 6.13. The van der Waals surface area contributed by atoms with E-state index in [1.165, 1.54) is 36.1 Å². The molecule has 6 rings (SSSR count). The van der Waals surface area contributed by atoms with E-state index in [4.69, 9.17) is 0 Å². The fourth-order valence-corrected chi connectivity index (χ4v) is 4.46. The Hall–Kier alpha value is -3.40. The topological polar surface area (TPSA) is 58.2 Å². The van der Waals surface area contributed by atoms with Crippen LogP contribution in [0.5, 0.6) is 0 Å². The smallest absolute Gasteiger partial charge is 0.217 e. The van der Waals surface area contributed by atoms with Crippen LogP contribution in [0.15, 0.2) is 72.8 Å². The molecular formula is C28H30N2O2. The fraction of sp³-hybridized carbons (Fsp3) is 0.286. The van der Waals surface area contributed by atoms with Crippen LogP contribution in [0.3, 0.4) is 0 Å². The molecule has 0 heterocycles. The zero-order valence-corrected chi connectivity index (χ0v) is 18.7. The van der Waals surface area contributed by atoms with E-state index >= 15 is 0 Å². The quantitative estimate of drug-likeness (QED) is 0.628. The molecule has 164 valence electrons. The van der Waals surface area contributed by atoms with Gasteiger partial charge < -0.3 is 10.6 Å². The molecule has 0 aliphatic heterocycles. The molecule has 0 spiro atoms. The Labute approximate surface area is 190 Å². The summed E-state index contributed by atoms with van der Waals surface area (Å²) in [6.07, 6.45) is 3.90. The first-order valence-corrected chi connectivity index (χ1v) is 11.3. The predicted octanol–water partition coefficient (Wildman–Crippen LogP) is 4.63. The molecule has 3 aliphatic rings. The lowest BCUT2D eigenvalue weighted by atomic mass is 9.91. The molecule has 4 heteroatoms. The number of hydrogen-bond acceptors (Lipinski definition) is 2. The molecule has 0 saturated carbocycles. The second-order valence-corrected chi connectivity index (χ2v) is 8.66. The third kappa shape index (κ3) is 5.44. The van der Waals surface area contributed by atoms with Crippen molar-refractivity contribution in [2.24, 2.45) is 0 Å². The molecule has 0 radical (unpaired) electrons. The zero-order chi connectivity index (χ0) is 22.5. The number of fused-ring (bicyclic) bond motifs is 2. The number of hydrogen-bond donors (Lipinski definition) is 2. The second-order valence-electron chi connectivity index (χ2n) is 8.66. The van der Waals surface area contributed by atoms with Crippen LogP contribution >= 0.6 is 0 Å². The van der Waals surface area contributed by atoms with E-state index in [0.717, 1.165) is 36.8 Å². The van der Waals surface area contributed by atoms with Crippen molar-refractivity contribution in [3.8, 4) is 0 Å². The number of amides is 2. The van der Waals surface area contributed by atoms with Crippen LogP contribution in [0.2, 0.25) is 0 Å². The van der Waals surface area contributed by atoms with Crippen molar-refractivity contribution in [2.75, 3.05) is 0 Å². The molecule has 2 atom stereocenters. The highest BCUT2D eigenvalue weighted by molar-refractivity contribution is 5.75. The van der Waals surface area contributed by atoms with Crippen LogP contribution in [0.4, 0.5) is 0 Å². The lowest BCUT2D eigenvalue weighted by Gasteiger charge is -2.29. The number of carbonyl (C=O) groups excluding carboxylic acids is 2. The Morgan fingerprint density at radius 2 is 0.969 bits per heavy atom. The third-order valence-corrected chi connectivity index (χ3v) is 6.12. The van der Waals surface area contributed by atoms with Gasteiger partial charge in [0.15, 0.2) is 0 Å². The van der Waals surface area contributed by atoms with Crippen LogP contribution in [0.1, 0.15) is 59.3 Å². The lowest BCUT2D eigenvalue weighted by molar-refractivity contribution is -0.122. The predicted molar refractivity (Wildman–Crippen MR) is 127 cm³/mol. The SMILES string of the molecule is CC(=O)N[C@@H]1c2ccc(cc2)CCc2cccc(c2)CCc2ccc(cc2)[C@H]1NC(C)=O. The molecular weight excluding hydrogens is 396 g/mol. The zero-order valence-electron chi connectivity index (χ0n) is 18.7. The summed E-state index contributed by atoms with van der Waals surface area (Å²) < 4.78 is 0. The van der Waals surface area contributed by atoms with Gasteiger partial charge >= 0.3 is 0 Å². The summed E-state index contributed by atoms with van der Waals surface area (Å²) in [4.78, 5) is 24.1. The van der Waals surface area contributed by atoms with Crippen molar-refractivity contribution in [3.63, 3.8) is 0 Å². The summed E-state index contributed by atoms with van der Waals surface area (Å²) in [6, 6.07) is 24.9. The van der Waals surface area contributed by atoms with Gasteiger partial charge in [-0.25, -0.2) is 0 Å². The molecule has 4 nitrogen and oxygen atoms in total. The first-order chi connectivity index (χ1) is 15.5. The average Bonchev–Trinajstić information content (AvgIpc) is 2.79. The summed E-state index contributed by atoms with van der Waals surface area (Å²) in [7, 11) is 0. The highest BCUT2D eigenvalue weighted by Gasteiger charge is 2.26. The van der Waals surface area contributed by atoms with E-state index in [-0.39, 0.29) is 23.9 Å². The van der Waals surface area contributed by atoms with Crippen LogP contribution in [-0.4, -0.2) is 11.8 Å². The number of carbonyl (C=O) groups is 2. The Kier molecular flexibility index (Phi) is 6.69. The van der Waals surface area contributed by atoms with E-state index in [2.05, 4.69) is 83.4 Å². The maximum Gasteiger partial charge on any atom is 0.217 e. The standard InChI is InChI=1S/C28H30N2O2/c1-19(31)29-27-25-14-10-21(11-15-25)6-8-23-4-3-5-24(18-23)9-7-22-12-16-26(17-13-22)28(27)30-20(2)32/h3-5,10-18,27-28H,6-9H2,1-2H3,(H,29,31)(H,30,32)/t27-,28-/m1/s1. The summed E-state index contributed by atoms with van der Waals surface area (Å²) >= 11 is 0. The fourth-order valence-electron chi connectivity index (χ4n) is 4.46. The molecule has 3 aliphatic carbocycles. The molecule has 2 N–H and O–H groups in total. The van der Waals surface area contributed by atoms with Crippen LogP contribution in [0, 0.1) is 0 Å². The Morgan fingerprint density at radius 1 is 0.594 bits per heavy atom. The Bertz CT molecular complexity index is 1000. The van der Waals surface area contributed by atoms with E-state index in [1.807, 2.05) is 0 Å². The van der Waals surface area contributed by atoms with Gasteiger partial charge in [0.1, 0.15) is 0 Å². The molecule has 6 bridgehead atoms. The summed E-state index contributed by atoms with van der Waals surface area (Å²) in [5.74, 6) is -0.257. The maximum atomic E-state index is 12.1. The first-order valence-electron chi connectivity index (χ1n) is 11.3. The number of benzene rings is 3. The van der Waals surface area contributed by atoms with Crippen molar-refractivity contribution in [3.05, 3.63) is 106 Å². The molecule has 0 aromatic heterocycles. The summed E-state index contributed by atoms with van der Waals surface area (Å²) in [6.45, 7) is 3.03. The molecule has 3 aromatic rings. The van der Waals surface area contributed by atoms with Crippen molar-refractivity contribution in [2.45, 2.75) is 51.6 Å². The van der Waals surface area contributed by atoms with E-state index in [1.54, 1.807) is 0 Å². The van der Waals surface area contributed by atoms with Crippen molar-refractivity contribution in [1.29, 1.82) is 0 Å². The maximum absolute atomic E-state index is 12.1. The molecule has 3 aromatic carbocycles. The van der Waals surface area contributed by atoms with Gasteiger partial charge in [0.25, 0.3) is 0 Å². The first kappa shape index (κ1) is 21.8. The molecule has 2 amide bonds. The van der Waals surface area contributed by atoms with Gasteiger partial charge in [0.2, 0.25) is 11.8 Å². The largest absolute Gasteiger partial charge is 0.347 e. The van der Waals surface area contributed by atoms with Gasteiger partial charge in [-0.15, -0.1) is 0 Å². The molecule has 0 saturated heterocycles. The van der Waals surface area contributed by atoms with E-state index in [9.17, 15) is 9.59 Å².